The van der Waals surface area contributed by atoms with Crippen LogP contribution in [0.3, 0.4) is 0 Å². The smallest absolute Gasteiger partial charge is 0.275 e. The van der Waals surface area contributed by atoms with Gasteiger partial charge >= 0.3 is 0 Å². The highest BCUT2D eigenvalue weighted by molar-refractivity contribution is 5.97. The molecule has 0 aromatic heterocycles. The van der Waals surface area contributed by atoms with Gasteiger partial charge in [-0.05, 0) is 81.0 Å². The molecule has 0 aliphatic carbocycles. The molecule has 148 valence electrons. The van der Waals surface area contributed by atoms with Gasteiger partial charge < -0.3 is 10.0 Å². The number of nitrogens with one attached hydrogen (secondary N) is 1. The number of carbonyl (C=O) groups excluding carboxylic acids is 1. The Kier molecular flexibility index (Phi) is 5.45. The third-order valence-electron chi connectivity index (χ3n) is 5.61. The van der Waals surface area contributed by atoms with Crippen molar-refractivity contribution in [2.45, 2.75) is 52.5 Å². The van der Waals surface area contributed by atoms with Gasteiger partial charge in [0.25, 0.3) is 5.91 Å². The molecule has 1 aliphatic heterocycles. The Morgan fingerprint density at radius 1 is 1.36 bits per heavy atom. The first-order valence-corrected chi connectivity index (χ1v) is 9.78. The molecule has 28 heavy (non-hydrogen) atoms. The van der Waals surface area contributed by atoms with E-state index in [1.165, 1.54) is 17.3 Å². The van der Waals surface area contributed by atoms with E-state index < -0.39 is 5.91 Å². The van der Waals surface area contributed by atoms with Crippen LogP contribution in [0.15, 0.2) is 41.5 Å². The predicted molar refractivity (Wildman–Crippen MR) is 114 cm³/mol. The largest absolute Gasteiger partial charge is 0.507 e. The Labute approximate surface area is 167 Å². The molecular formula is C23H29N3O2. The van der Waals surface area contributed by atoms with Crippen molar-refractivity contribution >= 4 is 17.8 Å². The number of aryl methyl sites for hydroxylation is 1. The Hall–Kier alpha value is -2.82. The summed E-state index contributed by atoms with van der Waals surface area (Å²) in [5.41, 5.74) is 7.55. The first-order valence-electron chi connectivity index (χ1n) is 9.78. The molecule has 0 spiro atoms. The summed E-state index contributed by atoms with van der Waals surface area (Å²) in [6.07, 6.45) is 2.77. The molecule has 1 atom stereocenters. The number of hydrogen-bond acceptors (Lipinski definition) is 4. The van der Waals surface area contributed by atoms with Crippen LogP contribution in [-0.2, 0) is 0 Å². The monoisotopic (exact) mass is 379 g/mol. The zero-order chi connectivity index (χ0) is 20.5. The van der Waals surface area contributed by atoms with Crippen LogP contribution in [-0.4, -0.2) is 29.3 Å². The molecule has 0 saturated carbocycles. The normalized spacial score (nSPS) is 18.2. The van der Waals surface area contributed by atoms with E-state index >= 15 is 0 Å². The van der Waals surface area contributed by atoms with Gasteiger partial charge in [-0.1, -0.05) is 19.1 Å². The minimum Gasteiger partial charge on any atom is -0.507 e. The SMILES string of the molecule is CCN1c2cc(C)c(/C=N/NC(=O)c3ccccc3O)cc2[C@@H](C)CC1(C)C. The second-order valence-electron chi connectivity index (χ2n) is 8.15. The van der Waals surface area contributed by atoms with E-state index in [9.17, 15) is 9.90 Å². The van der Waals surface area contributed by atoms with E-state index in [0.717, 1.165) is 24.1 Å². The molecule has 0 saturated heterocycles. The molecule has 2 aromatic carbocycles. The summed E-state index contributed by atoms with van der Waals surface area (Å²) in [6.45, 7) is 12.1. The lowest BCUT2D eigenvalue weighted by Crippen LogP contribution is -2.48. The van der Waals surface area contributed by atoms with Gasteiger partial charge in [0.05, 0.1) is 11.8 Å². The summed E-state index contributed by atoms with van der Waals surface area (Å²) in [6, 6.07) is 10.8. The molecule has 3 rings (SSSR count). The molecule has 5 heteroatoms. The van der Waals surface area contributed by atoms with E-state index in [4.69, 9.17) is 0 Å². The number of hydrazone groups is 1. The third-order valence-corrected chi connectivity index (χ3v) is 5.61. The van der Waals surface area contributed by atoms with Gasteiger partial charge in [0.2, 0.25) is 0 Å². The van der Waals surface area contributed by atoms with E-state index in [1.54, 1.807) is 24.4 Å². The van der Waals surface area contributed by atoms with Gasteiger partial charge in [0.15, 0.2) is 0 Å². The number of anilines is 1. The maximum Gasteiger partial charge on any atom is 0.275 e. The third kappa shape index (κ3) is 3.75. The van der Waals surface area contributed by atoms with Gasteiger partial charge in [-0.25, -0.2) is 5.43 Å². The molecule has 1 heterocycles. The average molecular weight is 380 g/mol. The molecule has 2 aromatic rings. The van der Waals surface area contributed by atoms with Crippen molar-refractivity contribution < 1.29 is 9.90 Å². The molecule has 2 N–H and O–H groups in total. The summed E-state index contributed by atoms with van der Waals surface area (Å²) < 4.78 is 0. The fourth-order valence-electron chi connectivity index (χ4n) is 4.27. The number of nitrogens with zero attached hydrogens (tertiary/aromatic N) is 2. The zero-order valence-corrected chi connectivity index (χ0v) is 17.3. The van der Waals surface area contributed by atoms with E-state index in [1.807, 2.05) is 0 Å². The highest BCUT2D eigenvalue weighted by Crippen LogP contribution is 2.43. The number of benzene rings is 2. The number of para-hydroxylation sites is 1. The number of hydrogen-bond donors (Lipinski definition) is 2. The van der Waals surface area contributed by atoms with Gasteiger partial charge in [-0.2, -0.15) is 5.10 Å². The maximum atomic E-state index is 12.2. The van der Waals surface area contributed by atoms with Gasteiger partial charge in [-0.15, -0.1) is 0 Å². The van der Waals surface area contributed by atoms with E-state index in [2.05, 4.69) is 62.2 Å². The number of phenolic OH excluding ortho intramolecular Hbond substituents is 1. The van der Waals surface area contributed by atoms with Gasteiger partial charge in [0, 0.05) is 17.8 Å². The molecule has 0 fully saturated rings. The lowest BCUT2D eigenvalue weighted by molar-refractivity contribution is 0.0952. The molecule has 0 radical (unpaired) electrons. The minimum absolute atomic E-state index is 0.0590. The van der Waals surface area contributed by atoms with Gasteiger partial charge in [-0.3, -0.25) is 4.79 Å². The van der Waals surface area contributed by atoms with Crippen molar-refractivity contribution in [3.05, 3.63) is 58.7 Å². The molecule has 0 unspecified atom stereocenters. The average Bonchev–Trinajstić information content (AvgIpc) is 2.62. The Morgan fingerprint density at radius 3 is 2.75 bits per heavy atom. The minimum atomic E-state index is -0.433. The van der Waals surface area contributed by atoms with E-state index in [-0.39, 0.29) is 16.9 Å². The number of aromatic hydroxyl groups is 1. The molecule has 1 aliphatic rings. The van der Waals surface area contributed by atoms with Crippen molar-refractivity contribution in [1.29, 1.82) is 0 Å². The highest BCUT2D eigenvalue weighted by Gasteiger charge is 2.35. The number of carbonyl (C=O) groups is 1. The van der Waals surface area contributed by atoms with Crippen LogP contribution in [0.5, 0.6) is 5.75 Å². The molecule has 5 nitrogen and oxygen atoms in total. The predicted octanol–water partition coefficient (Wildman–Crippen LogP) is 4.58. The maximum absolute atomic E-state index is 12.2. The quantitative estimate of drug-likeness (QED) is 0.604. The highest BCUT2D eigenvalue weighted by atomic mass is 16.3. The summed E-state index contributed by atoms with van der Waals surface area (Å²) >= 11 is 0. The standard InChI is InChI=1S/C23H29N3O2/c1-6-26-20-11-15(2)17(12-19(20)16(3)13-23(26,4)5)14-24-25-22(28)18-9-7-8-10-21(18)27/h7-12,14,16,27H,6,13H2,1-5H3,(H,25,28)/b24-14+/t16-/m0/s1. The lowest BCUT2D eigenvalue weighted by Gasteiger charge is -2.47. The van der Waals surface area contributed by atoms with Crippen LogP contribution in [0.4, 0.5) is 5.69 Å². The molecular weight excluding hydrogens is 350 g/mol. The molecule has 0 bridgehead atoms. The Bertz CT molecular complexity index is 918. The fourth-order valence-corrected chi connectivity index (χ4v) is 4.27. The van der Waals surface area contributed by atoms with Crippen LogP contribution in [0, 0.1) is 6.92 Å². The second-order valence-corrected chi connectivity index (χ2v) is 8.15. The van der Waals surface area contributed by atoms with Crippen molar-refractivity contribution in [3.8, 4) is 5.75 Å². The summed E-state index contributed by atoms with van der Waals surface area (Å²) in [5, 5.41) is 13.9. The number of phenols is 1. The van der Waals surface area contributed by atoms with Crippen molar-refractivity contribution in [1.82, 2.24) is 5.43 Å². The Balaban J connectivity index is 1.84. The number of rotatable bonds is 4. The zero-order valence-electron chi connectivity index (χ0n) is 17.3. The van der Waals surface area contributed by atoms with Crippen molar-refractivity contribution in [2.75, 3.05) is 11.4 Å². The fraction of sp³-hybridized carbons (Fsp3) is 0.391. The van der Waals surface area contributed by atoms with Crippen LogP contribution < -0.4 is 10.3 Å². The van der Waals surface area contributed by atoms with Crippen LogP contribution in [0.25, 0.3) is 0 Å². The summed E-state index contributed by atoms with van der Waals surface area (Å²) in [4.78, 5) is 14.7. The second kappa shape index (κ2) is 7.66. The first kappa shape index (κ1) is 19.9. The lowest BCUT2D eigenvalue weighted by atomic mass is 9.79. The van der Waals surface area contributed by atoms with Gasteiger partial charge in [0.1, 0.15) is 5.75 Å². The topological polar surface area (TPSA) is 64.9 Å². The van der Waals surface area contributed by atoms with Crippen LogP contribution in [0.2, 0.25) is 0 Å². The molecule has 1 amide bonds. The summed E-state index contributed by atoms with van der Waals surface area (Å²) in [7, 11) is 0. The number of fused-ring (bicyclic) bond motifs is 1. The Morgan fingerprint density at radius 2 is 2.07 bits per heavy atom. The number of amides is 1. The summed E-state index contributed by atoms with van der Waals surface area (Å²) in [5.74, 6) is -0.0371. The van der Waals surface area contributed by atoms with E-state index in [0.29, 0.717) is 5.92 Å². The first-order chi connectivity index (χ1) is 13.2. The van der Waals surface area contributed by atoms with Crippen LogP contribution in [0.1, 0.15) is 67.1 Å². The van der Waals surface area contributed by atoms with Crippen molar-refractivity contribution in [2.24, 2.45) is 5.10 Å². The van der Waals surface area contributed by atoms with Crippen LogP contribution >= 0.6 is 0 Å². The van der Waals surface area contributed by atoms with Crippen molar-refractivity contribution in [3.63, 3.8) is 0 Å².